The predicted molar refractivity (Wildman–Crippen MR) is 59.5 cm³/mol. The standard InChI is InChI=1S/C8H15ClN2O4S/c1-11(5-6-3-7(9)4-6)16(13,14)10-8(12)15-2/h6-7H,3-5H2,1-2H3,(H,10,12). The minimum absolute atomic E-state index is 0.148. The van der Waals surface area contributed by atoms with Crippen LogP contribution in [0.4, 0.5) is 4.79 Å². The summed E-state index contributed by atoms with van der Waals surface area (Å²) in [6, 6.07) is 0. The summed E-state index contributed by atoms with van der Waals surface area (Å²) < 4.78 is 30.2. The summed E-state index contributed by atoms with van der Waals surface area (Å²) >= 11 is 5.79. The monoisotopic (exact) mass is 270 g/mol. The molecule has 6 nitrogen and oxygen atoms in total. The molecule has 0 saturated heterocycles. The number of hydrogen-bond donors (Lipinski definition) is 1. The third-order valence-corrected chi connectivity index (χ3v) is 4.25. The molecule has 16 heavy (non-hydrogen) atoms. The fourth-order valence-electron chi connectivity index (χ4n) is 1.49. The summed E-state index contributed by atoms with van der Waals surface area (Å²) in [6.45, 7) is 0.357. The molecule has 0 aliphatic heterocycles. The molecular formula is C8H15ClN2O4S. The molecule has 0 unspecified atom stereocenters. The molecule has 1 aliphatic rings. The van der Waals surface area contributed by atoms with Crippen molar-refractivity contribution >= 4 is 27.9 Å². The van der Waals surface area contributed by atoms with Crippen LogP contribution in [0.5, 0.6) is 0 Å². The van der Waals surface area contributed by atoms with Crippen LogP contribution in [0.25, 0.3) is 0 Å². The Labute approximate surface area is 100 Å². The first-order valence-electron chi connectivity index (χ1n) is 4.81. The van der Waals surface area contributed by atoms with Crippen molar-refractivity contribution in [1.82, 2.24) is 9.03 Å². The summed E-state index contributed by atoms with van der Waals surface area (Å²) in [5.41, 5.74) is 0. The lowest BCUT2D eigenvalue weighted by molar-refractivity contribution is 0.176. The second-order valence-corrected chi connectivity index (χ2v) is 6.21. The number of hydrogen-bond acceptors (Lipinski definition) is 4. The molecule has 0 bridgehead atoms. The van der Waals surface area contributed by atoms with Crippen molar-refractivity contribution in [1.29, 1.82) is 0 Å². The first-order chi connectivity index (χ1) is 7.35. The zero-order chi connectivity index (χ0) is 12.3. The van der Waals surface area contributed by atoms with Crippen LogP contribution >= 0.6 is 11.6 Å². The van der Waals surface area contributed by atoms with E-state index < -0.39 is 16.3 Å². The predicted octanol–water partition coefficient (Wildman–Crippen LogP) is 0.536. The molecular weight excluding hydrogens is 256 g/mol. The van der Waals surface area contributed by atoms with Gasteiger partial charge in [-0.3, -0.25) is 0 Å². The van der Waals surface area contributed by atoms with Gasteiger partial charge < -0.3 is 4.74 Å². The average molecular weight is 271 g/mol. The average Bonchev–Trinajstić information content (AvgIpc) is 2.14. The quantitative estimate of drug-likeness (QED) is 0.757. The van der Waals surface area contributed by atoms with Gasteiger partial charge in [0.25, 0.3) is 0 Å². The fourth-order valence-corrected chi connectivity index (χ4v) is 2.85. The summed E-state index contributed by atoms with van der Waals surface area (Å²) in [5.74, 6) is 0.265. The molecule has 1 rings (SSSR count). The number of nitrogens with one attached hydrogen (secondary N) is 1. The topological polar surface area (TPSA) is 75.7 Å². The Morgan fingerprint density at radius 3 is 2.56 bits per heavy atom. The summed E-state index contributed by atoms with van der Waals surface area (Å²) in [5, 5.41) is 0.148. The molecule has 1 saturated carbocycles. The Morgan fingerprint density at radius 1 is 1.56 bits per heavy atom. The lowest BCUT2D eigenvalue weighted by Gasteiger charge is -2.33. The molecule has 0 spiro atoms. The van der Waals surface area contributed by atoms with Gasteiger partial charge in [-0.25, -0.2) is 9.52 Å². The summed E-state index contributed by atoms with van der Waals surface area (Å²) in [4.78, 5) is 10.8. The van der Waals surface area contributed by atoms with Gasteiger partial charge in [0.1, 0.15) is 0 Å². The molecule has 0 atom stereocenters. The number of carbonyl (C=O) groups is 1. The van der Waals surface area contributed by atoms with Gasteiger partial charge in [-0.2, -0.15) is 12.7 Å². The molecule has 1 aliphatic carbocycles. The van der Waals surface area contributed by atoms with E-state index in [1.807, 2.05) is 0 Å². The minimum atomic E-state index is -3.79. The highest BCUT2D eigenvalue weighted by Gasteiger charge is 2.31. The van der Waals surface area contributed by atoms with E-state index in [1.54, 1.807) is 4.72 Å². The van der Waals surface area contributed by atoms with Crippen molar-refractivity contribution in [2.45, 2.75) is 18.2 Å². The van der Waals surface area contributed by atoms with Gasteiger partial charge in [-0.05, 0) is 18.8 Å². The molecule has 0 aromatic heterocycles. The smallest absolute Gasteiger partial charge is 0.421 e. The first-order valence-corrected chi connectivity index (χ1v) is 6.69. The SMILES string of the molecule is COC(=O)NS(=O)(=O)N(C)CC1CC(Cl)C1. The van der Waals surface area contributed by atoms with E-state index in [0.29, 0.717) is 6.54 Å². The van der Waals surface area contributed by atoms with Gasteiger partial charge in [-0.1, -0.05) is 0 Å². The molecule has 0 radical (unpaired) electrons. The number of rotatable bonds is 4. The van der Waals surface area contributed by atoms with Crippen LogP contribution < -0.4 is 4.72 Å². The van der Waals surface area contributed by atoms with Crippen molar-refractivity contribution in [2.24, 2.45) is 5.92 Å². The fraction of sp³-hybridized carbons (Fsp3) is 0.875. The second-order valence-electron chi connectivity index (χ2n) is 3.81. The van der Waals surface area contributed by atoms with Gasteiger partial charge in [-0.15, -0.1) is 11.6 Å². The van der Waals surface area contributed by atoms with Crippen LogP contribution in [0.15, 0.2) is 0 Å². The zero-order valence-electron chi connectivity index (χ0n) is 9.14. The minimum Gasteiger partial charge on any atom is -0.452 e. The number of amides is 1. The van der Waals surface area contributed by atoms with E-state index >= 15 is 0 Å². The third kappa shape index (κ3) is 3.50. The Morgan fingerprint density at radius 2 is 2.12 bits per heavy atom. The maximum absolute atomic E-state index is 11.5. The third-order valence-electron chi connectivity index (χ3n) is 2.50. The van der Waals surface area contributed by atoms with Crippen molar-refractivity contribution < 1.29 is 17.9 Å². The van der Waals surface area contributed by atoms with Crippen LogP contribution in [0, 0.1) is 5.92 Å². The Balaban J connectivity index is 2.45. The number of nitrogens with zero attached hydrogens (tertiary/aromatic N) is 1. The van der Waals surface area contributed by atoms with Gasteiger partial charge >= 0.3 is 16.3 Å². The molecule has 1 fully saturated rings. The highest BCUT2D eigenvalue weighted by Crippen LogP contribution is 2.32. The molecule has 1 amide bonds. The lowest BCUT2D eigenvalue weighted by atomic mass is 9.85. The number of halogens is 1. The molecule has 94 valence electrons. The van der Waals surface area contributed by atoms with Crippen LogP contribution in [0.3, 0.4) is 0 Å². The van der Waals surface area contributed by atoms with Crippen LogP contribution in [0.2, 0.25) is 0 Å². The molecule has 0 heterocycles. The van der Waals surface area contributed by atoms with Crippen LogP contribution in [-0.2, 0) is 14.9 Å². The Hall–Kier alpha value is -0.530. The first kappa shape index (κ1) is 13.5. The largest absolute Gasteiger partial charge is 0.452 e. The Bertz CT molecular complexity index is 353. The van der Waals surface area contributed by atoms with E-state index in [2.05, 4.69) is 4.74 Å². The van der Waals surface area contributed by atoms with Crippen LogP contribution in [0.1, 0.15) is 12.8 Å². The van der Waals surface area contributed by atoms with E-state index in [-0.39, 0.29) is 11.3 Å². The summed E-state index contributed by atoms with van der Waals surface area (Å²) in [7, 11) is -1.28. The maximum atomic E-state index is 11.5. The van der Waals surface area contributed by atoms with E-state index in [9.17, 15) is 13.2 Å². The van der Waals surface area contributed by atoms with Crippen molar-refractivity contribution in [3.8, 4) is 0 Å². The van der Waals surface area contributed by atoms with Gasteiger partial charge in [0.2, 0.25) is 0 Å². The molecule has 1 N–H and O–H groups in total. The zero-order valence-corrected chi connectivity index (χ0v) is 10.7. The van der Waals surface area contributed by atoms with Gasteiger partial charge in [0, 0.05) is 19.0 Å². The molecule has 8 heteroatoms. The highest BCUT2D eigenvalue weighted by molar-refractivity contribution is 7.87. The Kier molecular flexibility index (Phi) is 4.40. The number of methoxy groups -OCH3 is 1. The van der Waals surface area contributed by atoms with Gasteiger partial charge in [0.15, 0.2) is 0 Å². The van der Waals surface area contributed by atoms with Crippen molar-refractivity contribution in [3.05, 3.63) is 0 Å². The highest BCUT2D eigenvalue weighted by atomic mass is 35.5. The second kappa shape index (κ2) is 5.20. The number of carbonyl (C=O) groups excluding carboxylic acids is 1. The van der Waals surface area contributed by atoms with Gasteiger partial charge in [0.05, 0.1) is 7.11 Å². The maximum Gasteiger partial charge on any atom is 0.421 e. The lowest BCUT2D eigenvalue weighted by Crippen LogP contribution is -2.45. The number of alkyl halides is 1. The molecule has 0 aromatic carbocycles. The van der Waals surface area contributed by atoms with E-state index in [0.717, 1.165) is 24.3 Å². The van der Waals surface area contributed by atoms with Crippen LogP contribution in [-0.4, -0.2) is 44.9 Å². The van der Waals surface area contributed by atoms with E-state index in [1.165, 1.54) is 7.05 Å². The summed E-state index contributed by atoms with van der Waals surface area (Å²) in [6.07, 6.45) is 0.620. The van der Waals surface area contributed by atoms with E-state index in [4.69, 9.17) is 11.6 Å². The van der Waals surface area contributed by atoms with Crippen molar-refractivity contribution in [2.75, 3.05) is 20.7 Å². The van der Waals surface area contributed by atoms with Crippen molar-refractivity contribution in [3.63, 3.8) is 0 Å². The normalized spacial score (nSPS) is 25.0. The number of ether oxygens (including phenoxy) is 1. The molecule has 0 aromatic rings.